The number of hydrogen-bond acceptors (Lipinski definition) is 5. The highest BCUT2D eigenvalue weighted by Gasteiger charge is 2.35. The molecule has 116 valence electrons. The molecule has 1 unspecified atom stereocenters. The van der Waals surface area contributed by atoms with Gasteiger partial charge in [-0.3, -0.25) is 10.1 Å². The quantitative estimate of drug-likeness (QED) is 0.683. The summed E-state index contributed by atoms with van der Waals surface area (Å²) < 4.78 is 38.2. The molecule has 1 saturated heterocycles. The maximum atomic E-state index is 12.7. The van der Waals surface area contributed by atoms with Crippen LogP contribution in [-0.4, -0.2) is 29.5 Å². The van der Waals surface area contributed by atoms with Gasteiger partial charge in [-0.15, -0.1) is 0 Å². The molecule has 2 heterocycles. The van der Waals surface area contributed by atoms with E-state index in [-0.39, 0.29) is 11.6 Å². The number of alkyl halides is 3. The van der Waals surface area contributed by atoms with Crippen LogP contribution in [0.15, 0.2) is 12.3 Å². The first kappa shape index (κ1) is 15.5. The van der Waals surface area contributed by atoms with Crippen molar-refractivity contribution in [3.63, 3.8) is 0 Å². The standard InChI is InChI=1S/C12H15F3N4O2/c13-12(14,15)11-4-9(10(6-17-11)19(20)21)18-3-1-2-8(5-16)7-18/h4,6,8H,1-3,5,7,16H2. The molecule has 1 aromatic heterocycles. The average molecular weight is 304 g/mol. The Bertz CT molecular complexity index is 536. The van der Waals surface area contributed by atoms with Gasteiger partial charge in [0.15, 0.2) is 0 Å². The first-order valence-corrected chi connectivity index (χ1v) is 6.49. The lowest BCUT2D eigenvalue weighted by atomic mass is 9.97. The lowest BCUT2D eigenvalue weighted by molar-refractivity contribution is -0.384. The Hall–Kier alpha value is -1.90. The second kappa shape index (κ2) is 5.84. The van der Waals surface area contributed by atoms with Gasteiger partial charge in [0.25, 0.3) is 0 Å². The summed E-state index contributed by atoms with van der Waals surface area (Å²) in [4.78, 5) is 15.0. The molecule has 0 saturated carbocycles. The van der Waals surface area contributed by atoms with E-state index in [0.29, 0.717) is 25.8 Å². The van der Waals surface area contributed by atoms with Crippen LogP contribution in [0.3, 0.4) is 0 Å². The molecule has 1 fully saturated rings. The highest BCUT2D eigenvalue weighted by atomic mass is 19.4. The van der Waals surface area contributed by atoms with Gasteiger partial charge in [0.2, 0.25) is 0 Å². The second-order valence-corrected chi connectivity index (χ2v) is 5.00. The highest BCUT2D eigenvalue weighted by molar-refractivity contribution is 5.63. The maximum absolute atomic E-state index is 12.7. The van der Waals surface area contributed by atoms with Crippen molar-refractivity contribution in [3.8, 4) is 0 Å². The fourth-order valence-electron chi connectivity index (χ4n) is 2.46. The normalized spacial score (nSPS) is 19.6. The Morgan fingerprint density at radius 3 is 2.81 bits per heavy atom. The number of rotatable bonds is 3. The smallest absolute Gasteiger partial charge is 0.366 e. The minimum atomic E-state index is -4.63. The molecule has 0 bridgehead atoms. The van der Waals surface area contributed by atoms with Crippen molar-refractivity contribution in [2.24, 2.45) is 11.7 Å². The van der Waals surface area contributed by atoms with E-state index >= 15 is 0 Å². The second-order valence-electron chi connectivity index (χ2n) is 5.00. The van der Waals surface area contributed by atoms with Crippen LogP contribution < -0.4 is 10.6 Å². The van der Waals surface area contributed by atoms with E-state index in [4.69, 9.17) is 5.73 Å². The first-order valence-electron chi connectivity index (χ1n) is 6.49. The number of aromatic nitrogens is 1. The molecule has 2 N–H and O–H groups in total. The van der Waals surface area contributed by atoms with Gasteiger partial charge in [0.1, 0.15) is 17.6 Å². The van der Waals surface area contributed by atoms with Crippen molar-refractivity contribution >= 4 is 11.4 Å². The van der Waals surface area contributed by atoms with Gasteiger partial charge in [-0.1, -0.05) is 0 Å². The maximum Gasteiger partial charge on any atom is 0.433 e. The van der Waals surface area contributed by atoms with Crippen molar-refractivity contribution in [1.82, 2.24) is 4.98 Å². The fourth-order valence-corrected chi connectivity index (χ4v) is 2.46. The number of nitrogens with two attached hydrogens (primary N) is 1. The molecule has 0 aromatic carbocycles. The number of halogens is 3. The summed E-state index contributed by atoms with van der Waals surface area (Å²) in [7, 11) is 0. The van der Waals surface area contributed by atoms with Crippen LogP contribution in [0.2, 0.25) is 0 Å². The summed E-state index contributed by atoms with van der Waals surface area (Å²) in [6.45, 7) is 1.29. The largest absolute Gasteiger partial charge is 0.433 e. The zero-order valence-corrected chi connectivity index (χ0v) is 11.1. The topological polar surface area (TPSA) is 85.3 Å². The molecule has 2 rings (SSSR count). The number of nitro groups is 1. The van der Waals surface area contributed by atoms with E-state index < -0.39 is 22.5 Å². The van der Waals surface area contributed by atoms with Crippen LogP contribution in [0.4, 0.5) is 24.5 Å². The van der Waals surface area contributed by atoms with Gasteiger partial charge < -0.3 is 10.6 Å². The molecule has 1 aliphatic rings. The average Bonchev–Trinajstić information content (AvgIpc) is 2.45. The number of anilines is 1. The molecule has 1 atom stereocenters. The Kier molecular flexibility index (Phi) is 4.31. The van der Waals surface area contributed by atoms with E-state index in [1.807, 2.05) is 0 Å². The summed E-state index contributed by atoms with van der Waals surface area (Å²) in [6, 6.07) is 0.747. The molecule has 1 aromatic rings. The minimum Gasteiger partial charge on any atom is -0.366 e. The number of nitrogens with zero attached hydrogens (tertiary/aromatic N) is 3. The summed E-state index contributed by atoms with van der Waals surface area (Å²) in [5, 5.41) is 11.0. The van der Waals surface area contributed by atoms with E-state index in [9.17, 15) is 23.3 Å². The van der Waals surface area contributed by atoms with Gasteiger partial charge in [0.05, 0.1) is 4.92 Å². The third kappa shape index (κ3) is 3.41. The van der Waals surface area contributed by atoms with Crippen LogP contribution >= 0.6 is 0 Å². The molecular weight excluding hydrogens is 289 g/mol. The highest BCUT2D eigenvalue weighted by Crippen LogP contribution is 2.36. The van der Waals surface area contributed by atoms with Crippen LogP contribution in [-0.2, 0) is 6.18 Å². The lowest BCUT2D eigenvalue weighted by Gasteiger charge is -2.33. The zero-order valence-electron chi connectivity index (χ0n) is 11.1. The Labute approximate surface area is 118 Å². The van der Waals surface area contributed by atoms with E-state index in [0.717, 1.165) is 18.9 Å². The van der Waals surface area contributed by atoms with Gasteiger partial charge >= 0.3 is 11.9 Å². The summed E-state index contributed by atoms with van der Waals surface area (Å²) in [6.07, 6.45) is -2.35. The molecule has 9 heteroatoms. The van der Waals surface area contributed by atoms with Gasteiger partial charge in [-0.25, -0.2) is 4.98 Å². The number of piperidine rings is 1. The van der Waals surface area contributed by atoms with E-state index in [1.165, 1.54) is 0 Å². The predicted molar refractivity (Wildman–Crippen MR) is 69.9 cm³/mol. The molecular formula is C12H15F3N4O2. The van der Waals surface area contributed by atoms with Gasteiger partial charge in [-0.2, -0.15) is 13.2 Å². The fraction of sp³-hybridized carbons (Fsp3) is 0.583. The number of hydrogen-bond donors (Lipinski definition) is 1. The Balaban J connectivity index is 2.41. The van der Waals surface area contributed by atoms with Crippen LogP contribution in [0.1, 0.15) is 18.5 Å². The van der Waals surface area contributed by atoms with Crippen LogP contribution in [0, 0.1) is 16.0 Å². The van der Waals surface area contributed by atoms with Gasteiger partial charge in [0, 0.05) is 13.1 Å². The molecule has 0 aliphatic carbocycles. The summed E-state index contributed by atoms with van der Waals surface area (Å²) >= 11 is 0. The van der Waals surface area contributed by atoms with Crippen molar-refractivity contribution in [2.45, 2.75) is 19.0 Å². The van der Waals surface area contributed by atoms with Crippen molar-refractivity contribution in [3.05, 3.63) is 28.1 Å². The molecule has 0 spiro atoms. The summed E-state index contributed by atoms with van der Waals surface area (Å²) in [5.74, 6) is 0.126. The van der Waals surface area contributed by atoms with Crippen LogP contribution in [0.5, 0.6) is 0 Å². The molecule has 1 aliphatic heterocycles. The molecule has 0 amide bonds. The monoisotopic (exact) mass is 304 g/mol. The Morgan fingerprint density at radius 1 is 1.52 bits per heavy atom. The van der Waals surface area contributed by atoms with Crippen molar-refractivity contribution in [2.75, 3.05) is 24.5 Å². The van der Waals surface area contributed by atoms with Crippen molar-refractivity contribution < 1.29 is 18.1 Å². The van der Waals surface area contributed by atoms with Crippen molar-refractivity contribution in [1.29, 1.82) is 0 Å². The summed E-state index contributed by atoms with van der Waals surface area (Å²) in [5.41, 5.74) is 4.00. The molecule has 21 heavy (non-hydrogen) atoms. The SMILES string of the molecule is NCC1CCCN(c2cc(C(F)(F)F)ncc2[N+](=O)[O-])C1. The molecule has 0 radical (unpaired) electrons. The zero-order chi connectivity index (χ0) is 15.6. The third-order valence-electron chi connectivity index (χ3n) is 3.54. The molecule has 6 nitrogen and oxygen atoms in total. The number of pyridine rings is 1. The van der Waals surface area contributed by atoms with Gasteiger partial charge in [-0.05, 0) is 31.4 Å². The predicted octanol–water partition coefficient (Wildman–Crippen LogP) is 2.18. The lowest BCUT2D eigenvalue weighted by Crippen LogP contribution is -2.38. The van der Waals surface area contributed by atoms with E-state index in [1.54, 1.807) is 4.90 Å². The third-order valence-corrected chi connectivity index (χ3v) is 3.54. The van der Waals surface area contributed by atoms with E-state index in [2.05, 4.69) is 4.98 Å². The Morgan fingerprint density at radius 2 is 2.24 bits per heavy atom. The van der Waals surface area contributed by atoms with Crippen LogP contribution in [0.25, 0.3) is 0 Å². The first-order chi connectivity index (χ1) is 9.82. The minimum absolute atomic E-state index is 0.0412.